The summed E-state index contributed by atoms with van der Waals surface area (Å²) in [5.41, 5.74) is 3.86. The van der Waals surface area contributed by atoms with Crippen LogP contribution in [0.15, 0.2) is 45.7 Å². The molecule has 5 nitrogen and oxygen atoms in total. The standard InChI is InChI=1S/C16H13N3O2/c1-10(8-17)12-3-5-13(18-9-12)11-4-6-15-14(7-11)19(2)16(20)21-15/h3-7,9-10H,1-2H3. The maximum Gasteiger partial charge on any atom is 0.419 e. The lowest BCUT2D eigenvalue weighted by atomic mass is 10.0. The first-order chi connectivity index (χ1) is 10.1. The van der Waals surface area contributed by atoms with Gasteiger partial charge in [-0.15, -0.1) is 0 Å². The van der Waals surface area contributed by atoms with E-state index in [-0.39, 0.29) is 11.7 Å². The molecular formula is C16H13N3O2. The predicted molar refractivity (Wildman–Crippen MR) is 78.7 cm³/mol. The third kappa shape index (κ3) is 2.21. The molecule has 0 bridgehead atoms. The van der Waals surface area contributed by atoms with Crippen LogP contribution in [0.2, 0.25) is 0 Å². The van der Waals surface area contributed by atoms with Gasteiger partial charge in [0.1, 0.15) is 0 Å². The zero-order chi connectivity index (χ0) is 15.0. The number of pyridine rings is 1. The number of aromatic nitrogens is 2. The summed E-state index contributed by atoms with van der Waals surface area (Å²) in [5, 5.41) is 8.91. The van der Waals surface area contributed by atoms with Gasteiger partial charge < -0.3 is 4.42 Å². The van der Waals surface area contributed by atoms with E-state index in [9.17, 15) is 4.79 Å². The fraction of sp³-hybridized carbons (Fsp3) is 0.188. The van der Waals surface area contributed by atoms with Gasteiger partial charge in [-0.25, -0.2) is 4.79 Å². The first-order valence-electron chi connectivity index (χ1n) is 6.55. The fourth-order valence-corrected chi connectivity index (χ4v) is 2.19. The molecule has 0 saturated heterocycles. The van der Waals surface area contributed by atoms with E-state index in [4.69, 9.17) is 9.68 Å². The zero-order valence-electron chi connectivity index (χ0n) is 11.7. The Morgan fingerprint density at radius 3 is 2.81 bits per heavy atom. The van der Waals surface area contributed by atoms with Crippen LogP contribution in [-0.2, 0) is 7.05 Å². The van der Waals surface area contributed by atoms with Crippen molar-refractivity contribution in [1.29, 1.82) is 5.26 Å². The number of fused-ring (bicyclic) bond motifs is 1. The van der Waals surface area contributed by atoms with Crippen molar-refractivity contribution < 1.29 is 4.42 Å². The summed E-state index contributed by atoms with van der Waals surface area (Å²) >= 11 is 0. The molecule has 0 amide bonds. The third-order valence-corrected chi connectivity index (χ3v) is 3.57. The molecule has 0 aliphatic carbocycles. The maximum absolute atomic E-state index is 11.5. The number of oxazole rings is 1. The lowest BCUT2D eigenvalue weighted by Gasteiger charge is -2.05. The molecule has 1 unspecified atom stereocenters. The Hall–Kier alpha value is -2.87. The molecule has 1 aromatic carbocycles. The normalized spacial score (nSPS) is 12.2. The molecular weight excluding hydrogens is 266 g/mol. The minimum Gasteiger partial charge on any atom is -0.408 e. The molecule has 0 saturated carbocycles. The van der Waals surface area contributed by atoms with Gasteiger partial charge in [0.25, 0.3) is 0 Å². The molecule has 0 radical (unpaired) electrons. The smallest absolute Gasteiger partial charge is 0.408 e. The van der Waals surface area contributed by atoms with Crippen LogP contribution in [0.5, 0.6) is 0 Å². The summed E-state index contributed by atoms with van der Waals surface area (Å²) in [7, 11) is 1.67. The fourth-order valence-electron chi connectivity index (χ4n) is 2.19. The zero-order valence-corrected chi connectivity index (χ0v) is 11.7. The Labute approximate surface area is 121 Å². The van der Waals surface area contributed by atoms with Gasteiger partial charge in [0.05, 0.1) is 23.2 Å². The number of nitriles is 1. The summed E-state index contributed by atoms with van der Waals surface area (Å²) in [6.45, 7) is 1.84. The lowest BCUT2D eigenvalue weighted by Crippen LogP contribution is -2.08. The number of aryl methyl sites for hydroxylation is 1. The minimum absolute atomic E-state index is 0.177. The van der Waals surface area contributed by atoms with E-state index in [0.29, 0.717) is 5.58 Å². The maximum atomic E-state index is 11.5. The van der Waals surface area contributed by atoms with Crippen molar-refractivity contribution in [2.45, 2.75) is 12.8 Å². The SMILES string of the molecule is CC(C#N)c1ccc(-c2ccc3oc(=O)n(C)c3c2)nc1. The van der Waals surface area contributed by atoms with Crippen molar-refractivity contribution >= 4 is 11.1 Å². The van der Waals surface area contributed by atoms with Gasteiger partial charge in [-0.3, -0.25) is 9.55 Å². The molecule has 0 spiro atoms. The predicted octanol–water partition coefficient (Wildman–Crippen LogP) is 2.82. The third-order valence-electron chi connectivity index (χ3n) is 3.57. The average molecular weight is 279 g/mol. The van der Waals surface area contributed by atoms with Gasteiger partial charge in [-0.1, -0.05) is 6.07 Å². The Kier molecular flexibility index (Phi) is 3.07. The van der Waals surface area contributed by atoms with E-state index < -0.39 is 0 Å². The molecule has 5 heteroatoms. The van der Waals surface area contributed by atoms with E-state index in [0.717, 1.165) is 22.3 Å². The van der Waals surface area contributed by atoms with E-state index >= 15 is 0 Å². The Morgan fingerprint density at radius 2 is 2.14 bits per heavy atom. The number of hydrogen-bond donors (Lipinski definition) is 0. The molecule has 21 heavy (non-hydrogen) atoms. The first kappa shape index (κ1) is 13.1. The Morgan fingerprint density at radius 1 is 1.33 bits per heavy atom. The van der Waals surface area contributed by atoms with Crippen LogP contribution in [-0.4, -0.2) is 9.55 Å². The molecule has 0 fully saturated rings. The van der Waals surface area contributed by atoms with Gasteiger partial charge in [-0.2, -0.15) is 5.26 Å². The van der Waals surface area contributed by atoms with Crippen molar-refractivity contribution in [3.8, 4) is 17.3 Å². The molecule has 2 aromatic heterocycles. The second kappa shape index (κ2) is 4.91. The number of nitrogens with zero attached hydrogens (tertiary/aromatic N) is 3. The van der Waals surface area contributed by atoms with E-state index in [2.05, 4.69) is 11.1 Å². The molecule has 104 valence electrons. The van der Waals surface area contributed by atoms with E-state index in [1.54, 1.807) is 19.3 Å². The quantitative estimate of drug-likeness (QED) is 0.723. The van der Waals surface area contributed by atoms with Crippen molar-refractivity contribution in [3.05, 3.63) is 52.6 Å². The highest BCUT2D eigenvalue weighted by Gasteiger charge is 2.09. The summed E-state index contributed by atoms with van der Waals surface area (Å²) in [6, 6.07) is 11.5. The number of rotatable bonds is 2. The van der Waals surface area contributed by atoms with Gasteiger partial charge in [0.15, 0.2) is 5.58 Å². The van der Waals surface area contributed by atoms with Gasteiger partial charge in [0, 0.05) is 18.8 Å². The number of hydrogen-bond acceptors (Lipinski definition) is 4. The largest absolute Gasteiger partial charge is 0.419 e. The second-order valence-electron chi connectivity index (χ2n) is 4.94. The summed E-state index contributed by atoms with van der Waals surface area (Å²) < 4.78 is 6.57. The van der Waals surface area contributed by atoms with Crippen LogP contribution in [0.1, 0.15) is 18.4 Å². The van der Waals surface area contributed by atoms with Crippen LogP contribution in [0.4, 0.5) is 0 Å². The molecule has 1 atom stereocenters. The van der Waals surface area contributed by atoms with Crippen LogP contribution >= 0.6 is 0 Å². The molecule has 3 aromatic rings. The van der Waals surface area contributed by atoms with Crippen LogP contribution in [0.25, 0.3) is 22.4 Å². The van der Waals surface area contributed by atoms with Gasteiger partial charge in [0.2, 0.25) is 0 Å². The van der Waals surface area contributed by atoms with Crippen LogP contribution in [0, 0.1) is 11.3 Å². The topological polar surface area (TPSA) is 71.8 Å². The monoisotopic (exact) mass is 279 g/mol. The van der Waals surface area contributed by atoms with Crippen molar-refractivity contribution in [1.82, 2.24) is 9.55 Å². The van der Waals surface area contributed by atoms with Gasteiger partial charge in [-0.05, 0) is 36.8 Å². The Balaban J connectivity index is 2.06. The lowest BCUT2D eigenvalue weighted by molar-refractivity contribution is 0.528. The summed E-state index contributed by atoms with van der Waals surface area (Å²) in [6.07, 6.45) is 1.71. The summed E-state index contributed by atoms with van der Waals surface area (Å²) in [4.78, 5) is 15.9. The van der Waals surface area contributed by atoms with Crippen LogP contribution < -0.4 is 5.76 Å². The van der Waals surface area contributed by atoms with E-state index in [1.165, 1.54) is 4.57 Å². The summed E-state index contributed by atoms with van der Waals surface area (Å²) in [5.74, 6) is -0.558. The Bertz CT molecular complexity index is 898. The van der Waals surface area contributed by atoms with Crippen molar-refractivity contribution in [3.63, 3.8) is 0 Å². The molecule has 0 aliphatic heterocycles. The highest BCUT2D eigenvalue weighted by molar-refractivity contribution is 5.79. The molecule has 3 rings (SSSR count). The average Bonchev–Trinajstić information content (AvgIpc) is 2.81. The molecule has 0 aliphatic rings. The van der Waals surface area contributed by atoms with Crippen molar-refractivity contribution in [2.24, 2.45) is 7.05 Å². The van der Waals surface area contributed by atoms with Crippen LogP contribution in [0.3, 0.4) is 0 Å². The molecule has 0 N–H and O–H groups in total. The number of benzene rings is 1. The first-order valence-corrected chi connectivity index (χ1v) is 6.55. The van der Waals surface area contributed by atoms with Gasteiger partial charge >= 0.3 is 5.76 Å². The minimum atomic E-state index is -0.381. The van der Waals surface area contributed by atoms with Crippen molar-refractivity contribution in [2.75, 3.05) is 0 Å². The van der Waals surface area contributed by atoms with E-state index in [1.807, 2.05) is 31.2 Å². The molecule has 2 heterocycles. The highest BCUT2D eigenvalue weighted by atomic mass is 16.4. The second-order valence-corrected chi connectivity index (χ2v) is 4.94. The highest BCUT2D eigenvalue weighted by Crippen LogP contribution is 2.23.